The topological polar surface area (TPSA) is 64.6 Å². The van der Waals surface area contributed by atoms with E-state index in [1.165, 1.54) is 14.2 Å². The molecule has 6 heteroatoms. The molecule has 28 heavy (non-hydrogen) atoms. The van der Waals surface area contributed by atoms with E-state index in [0.29, 0.717) is 28.3 Å². The fraction of sp³-hybridized carbons (Fsp3) is 0.0909. The molecule has 0 aliphatic carbocycles. The van der Waals surface area contributed by atoms with Crippen LogP contribution in [-0.4, -0.2) is 25.9 Å². The second-order valence-corrected chi connectivity index (χ2v) is 6.79. The molecule has 0 radical (unpaired) electrons. The van der Waals surface area contributed by atoms with Crippen molar-refractivity contribution in [2.24, 2.45) is 0 Å². The molecule has 0 atom stereocenters. The van der Waals surface area contributed by atoms with E-state index >= 15 is 0 Å². The Morgan fingerprint density at radius 1 is 0.857 bits per heavy atom. The van der Waals surface area contributed by atoms with Crippen molar-refractivity contribution < 1.29 is 19.1 Å². The van der Waals surface area contributed by atoms with Crippen molar-refractivity contribution in [3.63, 3.8) is 0 Å². The number of rotatable bonds is 6. The third-order valence-electron chi connectivity index (χ3n) is 4.17. The highest BCUT2D eigenvalue weighted by molar-refractivity contribution is 9.10. The predicted octanol–water partition coefficient (Wildman–Crippen LogP) is 4.95. The Kier molecular flexibility index (Phi) is 6.11. The lowest BCUT2D eigenvalue weighted by atomic mass is 10.0. The van der Waals surface area contributed by atoms with Gasteiger partial charge in [0.1, 0.15) is 17.1 Å². The molecule has 0 aliphatic rings. The summed E-state index contributed by atoms with van der Waals surface area (Å²) in [7, 11) is 2.96. The van der Waals surface area contributed by atoms with Crippen LogP contribution in [0.2, 0.25) is 0 Å². The van der Waals surface area contributed by atoms with Gasteiger partial charge >= 0.3 is 0 Å². The third-order valence-corrected chi connectivity index (χ3v) is 4.66. The molecular formula is C22H18BrNO4. The summed E-state index contributed by atoms with van der Waals surface area (Å²) in [6, 6.07) is 19.1. The minimum atomic E-state index is -0.432. The molecular weight excluding hydrogens is 422 g/mol. The number of amides is 1. The maximum Gasteiger partial charge on any atom is 0.263 e. The molecule has 5 nitrogen and oxygen atoms in total. The van der Waals surface area contributed by atoms with Crippen molar-refractivity contribution in [2.45, 2.75) is 0 Å². The van der Waals surface area contributed by atoms with Crippen LogP contribution in [0, 0.1) is 0 Å². The van der Waals surface area contributed by atoms with Gasteiger partial charge in [0.2, 0.25) is 0 Å². The number of ether oxygens (including phenoxy) is 2. The standard InChI is InChI=1S/C22H18BrNO4/c1-27-18-9-6-10-19(28-2)20(18)22(26)24-17-12-11-15(23)13-16(17)21(25)14-7-4-3-5-8-14/h3-13H,1-2H3,(H,24,26). The number of ketones is 1. The van der Waals surface area contributed by atoms with Gasteiger partial charge in [-0.25, -0.2) is 0 Å². The molecule has 0 heterocycles. The summed E-state index contributed by atoms with van der Waals surface area (Å²) in [5.74, 6) is 0.137. The Morgan fingerprint density at radius 2 is 1.50 bits per heavy atom. The van der Waals surface area contributed by atoms with E-state index in [1.54, 1.807) is 60.7 Å². The quantitative estimate of drug-likeness (QED) is 0.551. The van der Waals surface area contributed by atoms with Crippen molar-refractivity contribution in [1.82, 2.24) is 0 Å². The molecule has 0 fully saturated rings. The number of anilines is 1. The Balaban J connectivity index is 2.00. The number of carbonyl (C=O) groups is 2. The summed E-state index contributed by atoms with van der Waals surface area (Å²) in [6.45, 7) is 0. The van der Waals surface area contributed by atoms with Gasteiger partial charge in [-0.05, 0) is 30.3 Å². The van der Waals surface area contributed by atoms with Gasteiger partial charge in [0.25, 0.3) is 5.91 Å². The van der Waals surface area contributed by atoms with Gasteiger partial charge in [-0.2, -0.15) is 0 Å². The lowest BCUT2D eigenvalue weighted by molar-refractivity contribution is 0.102. The summed E-state index contributed by atoms with van der Waals surface area (Å²) >= 11 is 3.39. The Hall–Kier alpha value is -3.12. The van der Waals surface area contributed by atoms with Gasteiger partial charge in [0.15, 0.2) is 5.78 Å². The highest BCUT2D eigenvalue weighted by Crippen LogP contribution is 2.30. The maximum absolute atomic E-state index is 13.0. The second-order valence-electron chi connectivity index (χ2n) is 5.88. The first-order valence-electron chi connectivity index (χ1n) is 8.46. The minimum Gasteiger partial charge on any atom is -0.496 e. The van der Waals surface area contributed by atoms with Gasteiger partial charge in [-0.3, -0.25) is 9.59 Å². The van der Waals surface area contributed by atoms with Crippen LogP contribution in [0.1, 0.15) is 26.3 Å². The van der Waals surface area contributed by atoms with Crippen LogP contribution in [-0.2, 0) is 0 Å². The largest absolute Gasteiger partial charge is 0.496 e. The summed E-state index contributed by atoms with van der Waals surface area (Å²) < 4.78 is 11.3. The zero-order chi connectivity index (χ0) is 20.1. The highest BCUT2D eigenvalue weighted by Gasteiger charge is 2.21. The smallest absolute Gasteiger partial charge is 0.263 e. The number of hydrogen-bond acceptors (Lipinski definition) is 4. The van der Waals surface area contributed by atoms with Gasteiger partial charge in [0, 0.05) is 15.6 Å². The predicted molar refractivity (Wildman–Crippen MR) is 112 cm³/mol. The number of nitrogens with one attached hydrogen (secondary N) is 1. The first-order chi connectivity index (χ1) is 13.5. The van der Waals surface area contributed by atoms with Crippen LogP contribution in [0.5, 0.6) is 11.5 Å². The van der Waals surface area contributed by atoms with Crippen LogP contribution in [0.4, 0.5) is 5.69 Å². The molecule has 3 rings (SSSR count). The van der Waals surface area contributed by atoms with Gasteiger partial charge in [-0.1, -0.05) is 52.3 Å². The van der Waals surface area contributed by atoms with Crippen LogP contribution in [0.25, 0.3) is 0 Å². The Bertz CT molecular complexity index is 996. The molecule has 0 unspecified atom stereocenters. The monoisotopic (exact) mass is 439 g/mol. The third kappa shape index (κ3) is 4.07. The van der Waals surface area contributed by atoms with Crippen LogP contribution >= 0.6 is 15.9 Å². The SMILES string of the molecule is COc1cccc(OC)c1C(=O)Nc1ccc(Br)cc1C(=O)c1ccccc1. The number of halogens is 1. The fourth-order valence-corrected chi connectivity index (χ4v) is 3.18. The minimum absolute atomic E-state index is 0.191. The van der Waals surface area contributed by atoms with E-state index in [0.717, 1.165) is 4.47 Å². The van der Waals surface area contributed by atoms with Crippen molar-refractivity contribution >= 4 is 33.3 Å². The average molecular weight is 440 g/mol. The summed E-state index contributed by atoms with van der Waals surface area (Å²) in [5, 5.41) is 2.81. The molecule has 0 aliphatic heterocycles. The number of methoxy groups -OCH3 is 2. The van der Waals surface area contributed by atoms with Crippen LogP contribution < -0.4 is 14.8 Å². The Labute approximate surface area is 171 Å². The number of carbonyl (C=O) groups excluding carboxylic acids is 2. The zero-order valence-corrected chi connectivity index (χ0v) is 16.9. The molecule has 0 bridgehead atoms. The number of hydrogen-bond donors (Lipinski definition) is 1. The lowest BCUT2D eigenvalue weighted by Crippen LogP contribution is -2.17. The van der Waals surface area contributed by atoms with Gasteiger partial charge < -0.3 is 14.8 Å². The Morgan fingerprint density at radius 3 is 2.11 bits per heavy atom. The highest BCUT2D eigenvalue weighted by atomic mass is 79.9. The molecule has 0 aromatic heterocycles. The van der Waals surface area contributed by atoms with E-state index in [4.69, 9.17) is 9.47 Å². The number of benzene rings is 3. The van der Waals surface area contributed by atoms with Crippen molar-refractivity contribution in [1.29, 1.82) is 0 Å². The molecule has 3 aromatic rings. The van der Waals surface area contributed by atoms with E-state index in [-0.39, 0.29) is 11.3 Å². The second kappa shape index (κ2) is 8.71. The van der Waals surface area contributed by atoms with Gasteiger partial charge in [0.05, 0.1) is 19.9 Å². The van der Waals surface area contributed by atoms with Crippen LogP contribution in [0.3, 0.4) is 0 Å². The summed E-state index contributed by atoms with van der Waals surface area (Å²) in [5.41, 5.74) is 1.57. The lowest BCUT2D eigenvalue weighted by Gasteiger charge is -2.15. The molecule has 0 spiro atoms. The molecule has 142 valence electrons. The molecule has 1 amide bonds. The summed E-state index contributed by atoms with van der Waals surface area (Å²) in [6.07, 6.45) is 0. The van der Waals surface area contributed by atoms with Crippen molar-refractivity contribution in [3.8, 4) is 11.5 Å². The maximum atomic E-state index is 13.0. The van der Waals surface area contributed by atoms with E-state index < -0.39 is 5.91 Å². The molecule has 0 saturated carbocycles. The van der Waals surface area contributed by atoms with E-state index in [9.17, 15) is 9.59 Å². The van der Waals surface area contributed by atoms with Gasteiger partial charge in [-0.15, -0.1) is 0 Å². The van der Waals surface area contributed by atoms with Crippen LogP contribution in [0.15, 0.2) is 71.2 Å². The molecule has 0 saturated heterocycles. The normalized spacial score (nSPS) is 10.2. The average Bonchev–Trinajstić information content (AvgIpc) is 2.74. The van der Waals surface area contributed by atoms with E-state index in [2.05, 4.69) is 21.2 Å². The first kappa shape index (κ1) is 19.6. The van der Waals surface area contributed by atoms with E-state index in [1.807, 2.05) is 6.07 Å². The first-order valence-corrected chi connectivity index (χ1v) is 9.26. The molecule has 3 aromatic carbocycles. The zero-order valence-electron chi connectivity index (χ0n) is 15.4. The molecule has 1 N–H and O–H groups in total. The summed E-state index contributed by atoms with van der Waals surface area (Å²) in [4.78, 5) is 25.9. The van der Waals surface area contributed by atoms with Crippen molar-refractivity contribution in [2.75, 3.05) is 19.5 Å². The fourth-order valence-electron chi connectivity index (χ4n) is 2.82. The van der Waals surface area contributed by atoms with Crippen molar-refractivity contribution in [3.05, 3.63) is 87.9 Å².